The summed E-state index contributed by atoms with van der Waals surface area (Å²) in [5.74, 6) is -0.611. The standard InChI is InChI=1S/C8H5BrF3N5O/c9-4-1-2-5(17-7(13)14-15-16-17)6(3-4)18-8(10,11)12/h1-3H,(H2,13,14,16). The van der Waals surface area contributed by atoms with Crippen molar-refractivity contribution in [3.05, 3.63) is 22.7 Å². The molecule has 0 saturated heterocycles. The first-order valence-corrected chi connectivity index (χ1v) is 5.25. The van der Waals surface area contributed by atoms with Crippen LogP contribution in [0.15, 0.2) is 22.7 Å². The molecule has 0 unspecified atom stereocenters. The van der Waals surface area contributed by atoms with Gasteiger partial charge in [-0.1, -0.05) is 21.0 Å². The van der Waals surface area contributed by atoms with Crippen molar-refractivity contribution in [1.29, 1.82) is 0 Å². The molecule has 0 atom stereocenters. The van der Waals surface area contributed by atoms with Crippen LogP contribution in [0.5, 0.6) is 5.75 Å². The summed E-state index contributed by atoms with van der Waals surface area (Å²) in [4.78, 5) is 0. The minimum absolute atomic E-state index is 0.0157. The van der Waals surface area contributed by atoms with Crippen LogP contribution in [0.4, 0.5) is 19.1 Å². The van der Waals surface area contributed by atoms with E-state index in [0.717, 1.165) is 10.7 Å². The van der Waals surface area contributed by atoms with Crippen molar-refractivity contribution in [3.8, 4) is 11.4 Å². The van der Waals surface area contributed by atoms with Gasteiger partial charge in [0.15, 0.2) is 5.75 Å². The molecule has 2 N–H and O–H groups in total. The van der Waals surface area contributed by atoms with Crippen molar-refractivity contribution in [2.45, 2.75) is 6.36 Å². The molecule has 0 bridgehead atoms. The van der Waals surface area contributed by atoms with Gasteiger partial charge in [0.2, 0.25) is 5.95 Å². The Kier molecular flexibility index (Phi) is 3.11. The Morgan fingerprint density at radius 3 is 2.61 bits per heavy atom. The van der Waals surface area contributed by atoms with Gasteiger partial charge in [-0.05, 0) is 28.6 Å². The lowest BCUT2D eigenvalue weighted by Gasteiger charge is -2.13. The van der Waals surface area contributed by atoms with E-state index in [-0.39, 0.29) is 11.6 Å². The monoisotopic (exact) mass is 323 g/mol. The maximum Gasteiger partial charge on any atom is 0.573 e. The number of ether oxygens (including phenoxy) is 1. The smallest absolute Gasteiger partial charge is 0.403 e. The summed E-state index contributed by atoms with van der Waals surface area (Å²) in [7, 11) is 0. The number of nitrogen functional groups attached to an aromatic ring is 1. The van der Waals surface area contributed by atoms with E-state index < -0.39 is 12.1 Å². The maximum absolute atomic E-state index is 12.3. The summed E-state index contributed by atoms with van der Waals surface area (Å²) in [5.41, 5.74) is 5.41. The molecule has 2 rings (SSSR count). The largest absolute Gasteiger partial charge is 0.573 e. The quantitative estimate of drug-likeness (QED) is 0.913. The first-order valence-electron chi connectivity index (χ1n) is 4.46. The molecule has 0 radical (unpaired) electrons. The second-order valence-electron chi connectivity index (χ2n) is 3.11. The minimum Gasteiger partial charge on any atom is -0.403 e. The molecule has 2 aromatic rings. The van der Waals surface area contributed by atoms with Crippen LogP contribution in [-0.4, -0.2) is 26.6 Å². The molecule has 96 valence electrons. The molecule has 18 heavy (non-hydrogen) atoms. The third-order valence-electron chi connectivity index (χ3n) is 1.87. The van der Waals surface area contributed by atoms with Gasteiger partial charge < -0.3 is 10.5 Å². The van der Waals surface area contributed by atoms with Gasteiger partial charge in [0.25, 0.3) is 0 Å². The second-order valence-corrected chi connectivity index (χ2v) is 4.02. The Morgan fingerprint density at radius 2 is 2.06 bits per heavy atom. The summed E-state index contributed by atoms with van der Waals surface area (Å²) in [6, 6.07) is 4.00. The van der Waals surface area contributed by atoms with Crippen molar-refractivity contribution >= 4 is 21.9 Å². The number of hydrogen-bond donors (Lipinski definition) is 1. The van der Waals surface area contributed by atoms with Gasteiger partial charge in [-0.15, -0.1) is 13.2 Å². The topological polar surface area (TPSA) is 78.9 Å². The number of benzene rings is 1. The number of tetrazole rings is 1. The first-order chi connectivity index (χ1) is 8.37. The Hall–Kier alpha value is -1.84. The van der Waals surface area contributed by atoms with E-state index in [9.17, 15) is 13.2 Å². The van der Waals surface area contributed by atoms with Crippen LogP contribution in [0, 0.1) is 0 Å². The van der Waals surface area contributed by atoms with Crippen LogP contribution >= 0.6 is 15.9 Å². The van der Waals surface area contributed by atoms with E-state index in [1.54, 1.807) is 0 Å². The van der Waals surface area contributed by atoms with E-state index in [1.165, 1.54) is 12.1 Å². The Morgan fingerprint density at radius 1 is 1.33 bits per heavy atom. The lowest BCUT2D eigenvalue weighted by Crippen LogP contribution is -2.19. The van der Waals surface area contributed by atoms with Gasteiger partial charge in [0.1, 0.15) is 5.69 Å². The highest BCUT2D eigenvalue weighted by atomic mass is 79.9. The molecule has 1 heterocycles. The molecule has 6 nitrogen and oxygen atoms in total. The first kappa shape index (κ1) is 12.6. The van der Waals surface area contributed by atoms with Crippen molar-refractivity contribution < 1.29 is 17.9 Å². The molecule has 0 spiro atoms. The summed E-state index contributed by atoms with van der Waals surface area (Å²) in [5, 5.41) is 10.1. The van der Waals surface area contributed by atoms with Crippen molar-refractivity contribution in [3.63, 3.8) is 0 Å². The molecule has 0 saturated carbocycles. The summed E-state index contributed by atoms with van der Waals surface area (Å²) in [6.45, 7) is 0. The van der Waals surface area contributed by atoms with E-state index in [1.807, 2.05) is 0 Å². The number of halogens is 4. The van der Waals surface area contributed by atoms with Crippen LogP contribution < -0.4 is 10.5 Å². The molecular weight excluding hydrogens is 319 g/mol. The normalized spacial score (nSPS) is 11.6. The Bertz CT molecular complexity index is 570. The van der Waals surface area contributed by atoms with Gasteiger partial charge in [-0.3, -0.25) is 0 Å². The number of hydrogen-bond acceptors (Lipinski definition) is 5. The van der Waals surface area contributed by atoms with E-state index in [0.29, 0.717) is 4.47 Å². The summed E-state index contributed by atoms with van der Waals surface area (Å²) < 4.78 is 42.0. The van der Waals surface area contributed by atoms with Crippen LogP contribution in [-0.2, 0) is 0 Å². The minimum atomic E-state index is -4.82. The average molecular weight is 324 g/mol. The van der Waals surface area contributed by atoms with Gasteiger partial charge in [0, 0.05) is 4.47 Å². The summed E-state index contributed by atoms with van der Waals surface area (Å²) in [6.07, 6.45) is -4.82. The third kappa shape index (κ3) is 2.70. The molecular formula is C8H5BrF3N5O. The van der Waals surface area contributed by atoms with Gasteiger partial charge in [0.05, 0.1) is 0 Å². The van der Waals surface area contributed by atoms with Crippen LogP contribution in [0.1, 0.15) is 0 Å². The number of nitrogens with zero attached hydrogens (tertiary/aromatic N) is 4. The fraction of sp³-hybridized carbons (Fsp3) is 0.125. The number of nitrogens with two attached hydrogens (primary N) is 1. The highest BCUT2D eigenvalue weighted by molar-refractivity contribution is 9.10. The zero-order chi connectivity index (χ0) is 13.3. The van der Waals surface area contributed by atoms with E-state index in [4.69, 9.17) is 5.73 Å². The molecule has 1 aromatic carbocycles. The Balaban J connectivity index is 2.51. The second kappa shape index (κ2) is 4.44. The van der Waals surface area contributed by atoms with Crippen LogP contribution in [0.3, 0.4) is 0 Å². The average Bonchev–Trinajstić information content (AvgIpc) is 2.62. The van der Waals surface area contributed by atoms with Gasteiger partial charge in [-0.2, -0.15) is 4.68 Å². The molecule has 0 aliphatic rings. The molecule has 0 aliphatic heterocycles. The van der Waals surface area contributed by atoms with Crippen molar-refractivity contribution in [2.24, 2.45) is 0 Å². The highest BCUT2D eigenvalue weighted by Gasteiger charge is 2.32. The predicted octanol–water partition coefficient (Wildman–Crippen LogP) is 1.91. The molecule has 10 heteroatoms. The van der Waals surface area contributed by atoms with Gasteiger partial charge in [-0.25, -0.2) is 0 Å². The van der Waals surface area contributed by atoms with Gasteiger partial charge >= 0.3 is 6.36 Å². The zero-order valence-electron chi connectivity index (χ0n) is 8.52. The summed E-state index contributed by atoms with van der Waals surface area (Å²) >= 11 is 3.05. The van der Waals surface area contributed by atoms with Crippen molar-refractivity contribution in [1.82, 2.24) is 20.2 Å². The molecule has 0 amide bonds. The zero-order valence-corrected chi connectivity index (χ0v) is 10.1. The predicted molar refractivity (Wildman–Crippen MR) is 57.9 cm³/mol. The highest BCUT2D eigenvalue weighted by Crippen LogP contribution is 2.31. The molecule has 0 aliphatic carbocycles. The molecule has 1 aromatic heterocycles. The van der Waals surface area contributed by atoms with E-state index >= 15 is 0 Å². The third-order valence-corrected chi connectivity index (χ3v) is 2.36. The number of aromatic nitrogens is 4. The Labute approximate surface area is 107 Å². The number of rotatable bonds is 2. The lowest BCUT2D eigenvalue weighted by atomic mass is 10.3. The van der Waals surface area contributed by atoms with Crippen molar-refractivity contribution in [2.75, 3.05) is 5.73 Å². The maximum atomic E-state index is 12.3. The lowest BCUT2D eigenvalue weighted by molar-refractivity contribution is -0.274. The number of anilines is 1. The SMILES string of the molecule is Nc1nnnn1-c1ccc(Br)cc1OC(F)(F)F. The van der Waals surface area contributed by atoms with E-state index in [2.05, 4.69) is 36.2 Å². The van der Waals surface area contributed by atoms with Crippen LogP contribution in [0.2, 0.25) is 0 Å². The number of alkyl halides is 3. The molecule has 0 fully saturated rings. The fourth-order valence-corrected chi connectivity index (χ4v) is 1.58. The van der Waals surface area contributed by atoms with Crippen LogP contribution in [0.25, 0.3) is 5.69 Å². The fourth-order valence-electron chi connectivity index (χ4n) is 1.23.